The fraction of sp³-hybridized carbons (Fsp3) is 0.562. The molecular formula is C16H22N2O2. The zero-order chi connectivity index (χ0) is 14.1. The maximum Gasteiger partial charge on any atom is 0.411 e. The molecule has 2 saturated heterocycles. The zero-order valence-corrected chi connectivity index (χ0v) is 12.1. The summed E-state index contributed by atoms with van der Waals surface area (Å²) in [5, 5.41) is 2.84. The van der Waals surface area contributed by atoms with Crippen LogP contribution in [0.4, 0.5) is 10.5 Å². The van der Waals surface area contributed by atoms with Crippen molar-refractivity contribution in [1.29, 1.82) is 0 Å². The van der Waals surface area contributed by atoms with Crippen molar-refractivity contribution < 1.29 is 9.53 Å². The van der Waals surface area contributed by atoms with Gasteiger partial charge < -0.3 is 9.64 Å². The van der Waals surface area contributed by atoms with Crippen molar-refractivity contribution in [2.24, 2.45) is 0 Å². The number of hydrogen-bond acceptors (Lipinski definition) is 3. The molecule has 0 aliphatic carbocycles. The Balaban J connectivity index is 1.56. The quantitative estimate of drug-likeness (QED) is 0.900. The molecule has 1 aromatic rings. The summed E-state index contributed by atoms with van der Waals surface area (Å²) in [6, 6.07) is 8.93. The molecule has 1 aromatic carbocycles. The predicted molar refractivity (Wildman–Crippen MR) is 78.9 cm³/mol. The first-order chi connectivity index (χ1) is 9.63. The maximum absolute atomic E-state index is 12.0. The van der Waals surface area contributed by atoms with E-state index < -0.39 is 0 Å². The lowest BCUT2D eigenvalue weighted by Crippen LogP contribution is -2.43. The molecule has 4 heteroatoms. The van der Waals surface area contributed by atoms with Gasteiger partial charge in [0.15, 0.2) is 0 Å². The van der Waals surface area contributed by atoms with Gasteiger partial charge in [-0.2, -0.15) is 0 Å². The normalized spacial score (nSPS) is 29.2. The van der Waals surface area contributed by atoms with Gasteiger partial charge in [0.25, 0.3) is 0 Å². The van der Waals surface area contributed by atoms with Crippen LogP contribution in [0.15, 0.2) is 24.3 Å². The largest absolute Gasteiger partial charge is 0.446 e. The second kappa shape index (κ2) is 5.44. The number of para-hydroxylation sites is 1. The van der Waals surface area contributed by atoms with Crippen molar-refractivity contribution in [2.75, 3.05) is 12.4 Å². The van der Waals surface area contributed by atoms with Crippen LogP contribution in [0.2, 0.25) is 0 Å². The van der Waals surface area contributed by atoms with E-state index in [1.54, 1.807) is 0 Å². The number of rotatable bonds is 2. The summed E-state index contributed by atoms with van der Waals surface area (Å²) < 4.78 is 5.60. The first-order valence-corrected chi connectivity index (χ1v) is 7.38. The van der Waals surface area contributed by atoms with Gasteiger partial charge in [-0.3, -0.25) is 5.32 Å². The number of piperidine rings is 1. The lowest BCUT2D eigenvalue weighted by molar-refractivity contribution is 0.0348. The fourth-order valence-corrected chi connectivity index (χ4v) is 3.46. The Kier molecular flexibility index (Phi) is 3.66. The number of anilines is 1. The van der Waals surface area contributed by atoms with Gasteiger partial charge in [0, 0.05) is 30.6 Å². The molecule has 20 heavy (non-hydrogen) atoms. The van der Waals surface area contributed by atoms with Crippen molar-refractivity contribution in [3.05, 3.63) is 29.8 Å². The second-order valence-corrected chi connectivity index (χ2v) is 5.99. The molecule has 2 heterocycles. The number of nitrogens with zero attached hydrogens (tertiary/aromatic N) is 1. The van der Waals surface area contributed by atoms with Gasteiger partial charge in [-0.15, -0.1) is 0 Å². The van der Waals surface area contributed by atoms with E-state index in [1.807, 2.05) is 31.2 Å². The molecule has 0 saturated carbocycles. The molecule has 0 radical (unpaired) electrons. The van der Waals surface area contributed by atoms with Crippen LogP contribution in [0.5, 0.6) is 0 Å². The smallest absolute Gasteiger partial charge is 0.411 e. The SMILES string of the molecule is Cc1ccccc1NC(=O)OC1C[C@H]2CC[C@@H](C1)N2C. The van der Waals surface area contributed by atoms with Gasteiger partial charge in [-0.25, -0.2) is 4.79 Å². The van der Waals surface area contributed by atoms with Gasteiger partial charge in [-0.05, 0) is 38.4 Å². The number of aryl methyl sites for hydroxylation is 1. The van der Waals surface area contributed by atoms with E-state index in [0.29, 0.717) is 12.1 Å². The third-order valence-corrected chi connectivity index (χ3v) is 4.71. The summed E-state index contributed by atoms with van der Waals surface area (Å²) in [6.07, 6.45) is 4.14. The number of carbonyl (C=O) groups excluding carboxylic acids is 1. The van der Waals surface area contributed by atoms with Crippen LogP contribution in [0.3, 0.4) is 0 Å². The highest BCUT2D eigenvalue weighted by molar-refractivity contribution is 5.85. The number of carbonyl (C=O) groups is 1. The maximum atomic E-state index is 12.0. The van der Waals surface area contributed by atoms with Crippen LogP contribution < -0.4 is 5.32 Å². The first kappa shape index (κ1) is 13.4. The van der Waals surface area contributed by atoms with Crippen molar-refractivity contribution in [3.8, 4) is 0 Å². The molecule has 2 aliphatic heterocycles. The Labute approximate surface area is 120 Å². The second-order valence-electron chi connectivity index (χ2n) is 5.99. The minimum atomic E-state index is -0.326. The monoisotopic (exact) mass is 274 g/mol. The topological polar surface area (TPSA) is 41.6 Å². The van der Waals surface area contributed by atoms with Gasteiger partial charge in [0.05, 0.1) is 0 Å². The molecule has 1 unspecified atom stereocenters. The standard InChI is InChI=1S/C16H22N2O2/c1-11-5-3-4-6-15(11)17-16(19)20-14-9-12-7-8-13(10-14)18(12)2/h3-6,12-14H,7-10H2,1-2H3,(H,17,19)/t12-,13+,14?. The van der Waals surface area contributed by atoms with Gasteiger partial charge >= 0.3 is 6.09 Å². The highest BCUT2D eigenvalue weighted by Crippen LogP contribution is 2.35. The van der Waals surface area contributed by atoms with Crippen LogP contribution in [0.25, 0.3) is 0 Å². The summed E-state index contributed by atoms with van der Waals surface area (Å²) in [7, 11) is 2.19. The average molecular weight is 274 g/mol. The van der Waals surface area contributed by atoms with Crippen molar-refractivity contribution in [1.82, 2.24) is 4.90 Å². The van der Waals surface area contributed by atoms with E-state index in [0.717, 1.165) is 24.1 Å². The summed E-state index contributed by atoms with van der Waals surface area (Å²) in [5.74, 6) is 0. The Hall–Kier alpha value is -1.55. The van der Waals surface area contributed by atoms with Gasteiger partial charge in [-0.1, -0.05) is 18.2 Å². The average Bonchev–Trinajstić information content (AvgIpc) is 2.63. The van der Waals surface area contributed by atoms with Gasteiger partial charge in [0.2, 0.25) is 0 Å². The molecule has 2 fully saturated rings. The first-order valence-electron chi connectivity index (χ1n) is 7.38. The summed E-state index contributed by atoms with van der Waals surface area (Å²) in [5.41, 5.74) is 1.88. The molecule has 1 N–H and O–H groups in total. The number of hydrogen-bond donors (Lipinski definition) is 1. The molecule has 2 aliphatic rings. The van der Waals surface area contributed by atoms with Crippen molar-refractivity contribution >= 4 is 11.8 Å². The van der Waals surface area contributed by atoms with E-state index in [-0.39, 0.29) is 12.2 Å². The highest BCUT2D eigenvalue weighted by atomic mass is 16.6. The number of ether oxygens (including phenoxy) is 1. The molecule has 108 valence electrons. The predicted octanol–water partition coefficient (Wildman–Crippen LogP) is 3.17. The highest BCUT2D eigenvalue weighted by Gasteiger charge is 2.39. The van der Waals surface area contributed by atoms with E-state index in [2.05, 4.69) is 17.3 Å². The third-order valence-electron chi connectivity index (χ3n) is 4.71. The summed E-state index contributed by atoms with van der Waals surface area (Å²) in [4.78, 5) is 14.4. The number of nitrogens with one attached hydrogen (secondary N) is 1. The summed E-state index contributed by atoms with van der Waals surface area (Å²) >= 11 is 0. The molecule has 1 amide bonds. The Bertz CT molecular complexity index is 489. The van der Waals surface area contributed by atoms with Crippen LogP contribution in [0.1, 0.15) is 31.2 Å². The molecule has 2 bridgehead atoms. The van der Waals surface area contributed by atoms with Crippen molar-refractivity contribution in [2.45, 2.75) is 50.8 Å². The lowest BCUT2D eigenvalue weighted by atomic mass is 10.0. The minimum absolute atomic E-state index is 0.0627. The Morgan fingerprint density at radius 1 is 1.25 bits per heavy atom. The fourth-order valence-electron chi connectivity index (χ4n) is 3.46. The lowest BCUT2D eigenvalue weighted by Gasteiger charge is -2.35. The minimum Gasteiger partial charge on any atom is -0.446 e. The van der Waals surface area contributed by atoms with E-state index >= 15 is 0 Å². The molecule has 3 rings (SSSR count). The van der Waals surface area contributed by atoms with Crippen LogP contribution >= 0.6 is 0 Å². The number of fused-ring (bicyclic) bond motifs is 2. The number of benzene rings is 1. The van der Waals surface area contributed by atoms with E-state index in [1.165, 1.54) is 12.8 Å². The molecule has 4 nitrogen and oxygen atoms in total. The van der Waals surface area contributed by atoms with E-state index in [4.69, 9.17) is 4.74 Å². The van der Waals surface area contributed by atoms with Gasteiger partial charge in [0.1, 0.15) is 6.10 Å². The number of amides is 1. The molecule has 0 aromatic heterocycles. The van der Waals surface area contributed by atoms with Crippen LogP contribution in [-0.4, -0.2) is 36.2 Å². The van der Waals surface area contributed by atoms with Crippen LogP contribution in [0, 0.1) is 6.92 Å². The molecule has 3 atom stereocenters. The van der Waals surface area contributed by atoms with E-state index in [9.17, 15) is 4.79 Å². The van der Waals surface area contributed by atoms with Crippen molar-refractivity contribution in [3.63, 3.8) is 0 Å². The summed E-state index contributed by atoms with van der Waals surface area (Å²) in [6.45, 7) is 1.98. The molecule has 0 spiro atoms. The molecular weight excluding hydrogens is 252 g/mol. The Morgan fingerprint density at radius 2 is 1.90 bits per heavy atom. The Morgan fingerprint density at radius 3 is 2.55 bits per heavy atom. The van der Waals surface area contributed by atoms with Crippen LogP contribution in [-0.2, 0) is 4.74 Å². The third kappa shape index (κ3) is 2.66. The zero-order valence-electron chi connectivity index (χ0n) is 12.1.